The second-order valence-electron chi connectivity index (χ2n) is 11.7. The number of piperazine rings is 1. The molecule has 0 spiro atoms. The smallest absolute Gasteiger partial charge is 0.231 e. The van der Waals surface area contributed by atoms with Crippen LogP contribution in [-0.2, 0) is 17.9 Å². The van der Waals surface area contributed by atoms with Gasteiger partial charge in [-0.1, -0.05) is 53.2 Å². The van der Waals surface area contributed by atoms with Crippen molar-refractivity contribution in [3.8, 4) is 11.5 Å². The van der Waals surface area contributed by atoms with Crippen LogP contribution in [-0.4, -0.2) is 74.2 Å². The minimum atomic E-state index is 0.239. The van der Waals surface area contributed by atoms with Crippen molar-refractivity contribution in [2.45, 2.75) is 44.4 Å². The zero-order chi connectivity index (χ0) is 30.8. The number of carbonyl (C=O) groups is 1. The van der Waals surface area contributed by atoms with Crippen LogP contribution in [0.1, 0.15) is 36.0 Å². The van der Waals surface area contributed by atoms with Crippen LogP contribution >= 0.6 is 23.4 Å². The predicted molar refractivity (Wildman–Crippen MR) is 177 cm³/mol. The minimum Gasteiger partial charge on any atom is -0.454 e. The largest absolute Gasteiger partial charge is 0.454 e. The number of aromatic nitrogens is 4. The van der Waals surface area contributed by atoms with Gasteiger partial charge in [0.1, 0.15) is 5.52 Å². The van der Waals surface area contributed by atoms with Crippen molar-refractivity contribution in [3.05, 3.63) is 82.4 Å². The van der Waals surface area contributed by atoms with Crippen LogP contribution in [0.3, 0.4) is 0 Å². The second-order valence-corrected chi connectivity index (χ2v) is 13.2. The number of unbranched alkanes of at least 4 members (excludes halogenated alkanes) is 1. The molecule has 0 aliphatic carbocycles. The van der Waals surface area contributed by atoms with Gasteiger partial charge in [0.05, 0.1) is 5.52 Å². The van der Waals surface area contributed by atoms with Gasteiger partial charge in [0.2, 0.25) is 17.9 Å². The van der Waals surface area contributed by atoms with Crippen molar-refractivity contribution >= 4 is 51.3 Å². The lowest BCUT2D eigenvalue weighted by molar-refractivity contribution is -0.133. The molecule has 0 atom stereocenters. The molecular weight excluding hydrogens is 608 g/mol. The predicted octanol–water partition coefficient (Wildman–Crippen LogP) is 6.33. The molecule has 4 heterocycles. The number of hydrogen-bond acceptors (Lipinski definition) is 8. The number of thioether (sulfide) groups is 1. The molecule has 1 saturated heterocycles. The summed E-state index contributed by atoms with van der Waals surface area (Å²) in [6.45, 7) is 7.13. The maximum Gasteiger partial charge on any atom is 0.231 e. The highest BCUT2D eigenvalue weighted by Gasteiger charge is 2.22. The maximum absolute atomic E-state index is 12.9. The van der Waals surface area contributed by atoms with Crippen LogP contribution in [0.25, 0.3) is 22.1 Å². The first kappa shape index (κ1) is 29.8. The minimum absolute atomic E-state index is 0.239. The SMILES string of the molecule is Cc1ccc2c(c1)c1nnc(SCCCCC(=O)N3CCN(Cc4ccc5c(c4)OCO5)CC3)nc1n2Cc1cccc(Cl)c1. The average molecular weight is 643 g/mol. The van der Waals surface area contributed by atoms with E-state index in [0.717, 1.165) is 90.4 Å². The molecule has 1 amide bonds. The third kappa shape index (κ3) is 6.73. The van der Waals surface area contributed by atoms with Gasteiger partial charge < -0.3 is 18.9 Å². The number of nitrogens with zero attached hydrogens (tertiary/aromatic N) is 6. The Morgan fingerprint density at radius 2 is 1.76 bits per heavy atom. The average Bonchev–Trinajstić information content (AvgIpc) is 3.63. The number of amides is 1. The zero-order valence-corrected chi connectivity index (χ0v) is 26.8. The molecule has 2 aliphatic heterocycles. The molecule has 232 valence electrons. The summed E-state index contributed by atoms with van der Waals surface area (Å²) < 4.78 is 13.1. The number of benzene rings is 3. The van der Waals surface area contributed by atoms with Gasteiger partial charge in [-0.2, -0.15) is 0 Å². The Morgan fingerprint density at radius 1 is 0.911 bits per heavy atom. The summed E-state index contributed by atoms with van der Waals surface area (Å²) in [5.74, 6) is 2.69. The molecule has 3 aromatic carbocycles. The molecule has 2 aliphatic rings. The van der Waals surface area contributed by atoms with Gasteiger partial charge in [-0.3, -0.25) is 9.69 Å². The van der Waals surface area contributed by atoms with E-state index in [4.69, 9.17) is 26.1 Å². The standard InChI is InChI=1S/C34H35ClN6O3S/c1-23-8-10-28-27(17-23)32-33(41(28)21-24-5-4-6-26(35)18-24)36-34(38-37-32)45-16-3-2-7-31(42)40-14-12-39(13-15-40)20-25-9-11-29-30(19-25)44-22-43-29/h4-6,8-11,17-19H,2-3,7,12-16,20-22H2,1H3. The lowest BCUT2D eigenvalue weighted by atomic mass is 10.1. The fourth-order valence-electron chi connectivity index (χ4n) is 6.05. The Labute approximate surface area is 271 Å². The molecular formula is C34H35ClN6O3S. The van der Waals surface area contributed by atoms with Gasteiger partial charge in [0, 0.05) is 61.9 Å². The summed E-state index contributed by atoms with van der Waals surface area (Å²) in [4.78, 5) is 22.3. The van der Waals surface area contributed by atoms with E-state index < -0.39 is 0 Å². The molecule has 0 radical (unpaired) electrons. The first-order chi connectivity index (χ1) is 22.0. The Hall–Kier alpha value is -3.86. The summed E-state index contributed by atoms with van der Waals surface area (Å²) in [7, 11) is 0. The molecule has 0 bridgehead atoms. The van der Waals surface area contributed by atoms with Crippen LogP contribution in [0.15, 0.2) is 65.8 Å². The third-order valence-electron chi connectivity index (χ3n) is 8.42. The Bertz CT molecular complexity index is 1860. The lowest BCUT2D eigenvalue weighted by Crippen LogP contribution is -2.48. The van der Waals surface area contributed by atoms with Crippen LogP contribution in [0.5, 0.6) is 11.5 Å². The van der Waals surface area contributed by atoms with E-state index in [1.807, 2.05) is 29.2 Å². The van der Waals surface area contributed by atoms with Crippen LogP contribution in [0.4, 0.5) is 0 Å². The van der Waals surface area contributed by atoms with E-state index in [0.29, 0.717) is 23.1 Å². The van der Waals surface area contributed by atoms with Gasteiger partial charge in [0.25, 0.3) is 0 Å². The van der Waals surface area contributed by atoms with Gasteiger partial charge in [-0.15, -0.1) is 10.2 Å². The fraction of sp³-hybridized carbons (Fsp3) is 0.353. The van der Waals surface area contributed by atoms with Crippen molar-refractivity contribution in [1.29, 1.82) is 0 Å². The number of halogens is 1. The molecule has 0 saturated carbocycles. The zero-order valence-electron chi connectivity index (χ0n) is 25.2. The molecule has 1 fully saturated rings. The Kier molecular flexibility index (Phi) is 8.78. The van der Waals surface area contributed by atoms with Gasteiger partial charge in [-0.25, -0.2) is 4.98 Å². The van der Waals surface area contributed by atoms with Crippen molar-refractivity contribution in [1.82, 2.24) is 29.5 Å². The number of aryl methyl sites for hydroxylation is 1. The second kappa shape index (κ2) is 13.2. The summed E-state index contributed by atoms with van der Waals surface area (Å²) in [6.07, 6.45) is 2.31. The molecule has 7 rings (SSSR count). The van der Waals surface area contributed by atoms with Crippen LogP contribution < -0.4 is 9.47 Å². The first-order valence-corrected chi connectivity index (χ1v) is 16.8. The topological polar surface area (TPSA) is 85.6 Å². The summed E-state index contributed by atoms with van der Waals surface area (Å²) in [5.41, 5.74) is 6.18. The highest BCUT2D eigenvalue weighted by atomic mass is 35.5. The highest BCUT2D eigenvalue weighted by Crippen LogP contribution is 2.33. The molecule has 5 aromatic rings. The summed E-state index contributed by atoms with van der Waals surface area (Å²) >= 11 is 7.87. The number of carbonyl (C=O) groups excluding carboxylic acids is 1. The molecule has 2 aromatic heterocycles. The van der Waals surface area contributed by atoms with Crippen molar-refractivity contribution < 1.29 is 14.3 Å². The number of rotatable bonds is 10. The summed E-state index contributed by atoms with van der Waals surface area (Å²) in [5, 5.41) is 11.5. The van der Waals surface area contributed by atoms with E-state index in [-0.39, 0.29) is 12.7 Å². The van der Waals surface area contributed by atoms with E-state index in [1.165, 1.54) is 11.1 Å². The summed E-state index contributed by atoms with van der Waals surface area (Å²) in [6, 6.07) is 20.4. The lowest BCUT2D eigenvalue weighted by Gasteiger charge is -2.34. The number of hydrogen-bond donors (Lipinski definition) is 0. The molecule has 0 unspecified atom stereocenters. The Morgan fingerprint density at radius 3 is 2.62 bits per heavy atom. The highest BCUT2D eigenvalue weighted by molar-refractivity contribution is 7.99. The third-order valence-corrected chi connectivity index (χ3v) is 9.58. The first-order valence-electron chi connectivity index (χ1n) is 15.4. The normalized spacial score (nSPS) is 14.9. The number of ether oxygens (including phenoxy) is 2. The van der Waals surface area contributed by atoms with E-state index in [2.05, 4.69) is 63.0 Å². The van der Waals surface area contributed by atoms with Gasteiger partial charge in [-0.05, 0) is 67.3 Å². The van der Waals surface area contributed by atoms with E-state index in [1.54, 1.807) is 11.8 Å². The maximum atomic E-state index is 12.9. The van der Waals surface area contributed by atoms with E-state index in [9.17, 15) is 4.79 Å². The van der Waals surface area contributed by atoms with Gasteiger partial charge in [0.15, 0.2) is 17.1 Å². The van der Waals surface area contributed by atoms with Gasteiger partial charge >= 0.3 is 0 Å². The molecule has 11 heteroatoms. The number of fused-ring (bicyclic) bond motifs is 4. The van der Waals surface area contributed by atoms with Crippen LogP contribution in [0.2, 0.25) is 5.02 Å². The molecule has 9 nitrogen and oxygen atoms in total. The van der Waals surface area contributed by atoms with E-state index >= 15 is 0 Å². The van der Waals surface area contributed by atoms with Crippen molar-refractivity contribution in [2.24, 2.45) is 0 Å². The van der Waals surface area contributed by atoms with Crippen LogP contribution in [0, 0.1) is 6.92 Å². The Balaban J connectivity index is 0.908. The van der Waals surface area contributed by atoms with Crippen molar-refractivity contribution in [3.63, 3.8) is 0 Å². The van der Waals surface area contributed by atoms with Crippen molar-refractivity contribution in [2.75, 3.05) is 38.7 Å². The molecule has 45 heavy (non-hydrogen) atoms. The quantitative estimate of drug-likeness (QED) is 0.129. The monoisotopic (exact) mass is 642 g/mol. The fourth-order valence-corrected chi connectivity index (χ4v) is 7.04. The molecule has 0 N–H and O–H groups in total.